The van der Waals surface area contributed by atoms with Crippen molar-refractivity contribution in [3.63, 3.8) is 0 Å². The molecule has 8 heteroatoms. The monoisotopic (exact) mass is 383 g/mol. The van der Waals surface area contributed by atoms with E-state index < -0.39 is 9.84 Å². The quantitative estimate of drug-likeness (QED) is 0.746. The van der Waals surface area contributed by atoms with Crippen LogP contribution in [-0.4, -0.2) is 47.8 Å². The van der Waals surface area contributed by atoms with Crippen LogP contribution in [0.1, 0.15) is 5.56 Å². The van der Waals surface area contributed by atoms with Crippen molar-refractivity contribution in [2.75, 3.05) is 34.8 Å². The van der Waals surface area contributed by atoms with Gasteiger partial charge < -0.3 is 10.2 Å². The molecule has 7 nitrogen and oxygen atoms in total. The molecule has 3 aromatic rings. The lowest BCUT2D eigenvalue weighted by Crippen LogP contribution is -2.40. The molecule has 1 saturated heterocycles. The zero-order valence-corrected chi connectivity index (χ0v) is 15.9. The van der Waals surface area contributed by atoms with E-state index in [4.69, 9.17) is 0 Å². The summed E-state index contributed by atoms with van der Waals surface area (Å²) in [7, 11) is -2.90. The Morgan fingerprint density at radius 2 is 1.74 bits per heavy atom. The highest BCUT2D eigenvalue weighted by atomic mass is 32.2. The van der Waals surface area contributed by atoms with Crippen molar-refractivity contribution < 1.29 is 8.42 Å². The highest BCUT2D eigenvalue weighted by Crippen LogP contribution is 2.25. The molecule has 2 heterocycles. The maximum atomic E-state index is 11.7. The highest BCUT2D eigenvalue weighted by Gasteiger charge is 2.22. The minimum Gasteiger partial charge on any atom is -0.369 e. The Morgan fingerprint density at radius 1 is 1.00 bits per heavy atom. The molecule has 1 fully saturated rings. The van der Waals surface area contributed by atoms with Gasteiger partial charge in [0.25, 0.3) is 0 Å². The number of hydrogen-bond donors (Lipinski definition) is 1. The Kier molecular flexibility index (Phi) is 4.57. The predicted octanol–water partition coefficient (Wildman–Crippen LogP) is 2.55. The Labute approximate surface area is 158 Å². The first kappa shape index (κ1) is 17.5. The van der Waals surface area contributed by atoms with E-state index in [1.807, 2.05) is 49.4 Å². The normalized spacial score (nSPS) is 16.3. The first-order valence-electron chi connectivity index (χ1n) is 8.80. The van der Waals surface area contributed by atoms with Crippen molar-refractivity contribution in [1.29, 1.82) is 0 Å². The van der Waals surface area contributed by atoms with E-state index in [9.17, 15) is 8.42 Å². The minimum atomic E-state index is -2.90. The van der Waals surface area contributed by atoms with E-state index in [2.05, 4.69) is 26.4 Å². The summed E-state index contributed by atoms with van der Waals surface area (Å²) < 4.78 is 25.0. The Bertz CT molecular complexity index is 1030. The summed E-state index contributed by atoms with van der Waals surface area (Å²) in [6.07, 6.45) is 1.67. The summed E-state index contributed by atoms with van der Waals surface area (Å²) in [6, 6.07) is 15.9. The van der Waals surface area contributed by atoms with Crippen LogP contribution in [0.15, 0.2) is 54.9 Å². The SMILES string of the molecule is Cc1cc(Nc2ncn(-c3ccccc3)n2)cc(N2CCS(=O)(=O)CC2)c1. The second kappa shape index (κ2) is 7.03. The van der Waals surface area contributed by atoms with Crippen LogP contribution in [0.4, 0.5) is 17.3 Å². The van der Waals surface area contributed by atoms with Gasteiger partial charge in [-0.25, -0.2) is 13.1 Å². The molecular formula is C19H21N5O2S. The lowest BCUT2D eigenvalue weighted by atomic mass is 10.1. The molecule has 0 radical (unpaired) electrons. The lowest BCUT2D eigenvalue weighted by molar-refractivity contribution is 0.587. The van der Waals surface area contributed by atoms with Crippen molar-refractivity contribution in [1.82, 2.24) is 14.8 Å². The molecule has 0 bridgehead atoms. The summed E-state index contributed by atoms with van der Waals surface area (Å²) >= 11 is 0. The molecule has 0 aliphatic carbocycles. The maximum Gasteiger partial charge on any atom is 0.246 e. The van der Waals surface area contributed by atoms with Gasteiger partial charge in [0.1, 0.15) is 6.33 Å². The van der Waals surface area contributed by atoms with E-state index >= 15 is 0 Å². The highest BCUT2D eigenvalue weighted by molar-refractivity contribution is 7.91. The summed E-state index contributed by atoms with van der Waals surface area (Å²) in [5, 5.41) is 7.71. The fraction of sp³-hybridized carbons (Fsp3) is 0.263. The van der Waals surface area contributed by atoms with Crippen molar-refractivity contribution in [2.24, 2.45) is 0 Å². The number of aromatic nitrogens is 3. The molecule has 140 valence electrons. The molecule has 1 N–H and O–H groups in total. The predicted molar refractivity (Wildman–Crippen MR) is 107 cm³/mol. The van der Waals surface area contributed by atoms with Crippen LogP contribution in [0.2, 0.25) is 0 Å². The number of hydrogen-bond acceptors (Lipinski definition) is 6. The molecule has 1 aliphatic heterocycles. The smallest absolute Gasteiger partial charge is 0.246 e. The summed E-state index contributed by atoms with van der Waals surface area (Å²) in [5.41, 5.74) is 3.92. The summed E-state index contributed by atoms with van der Waals surface area (Å²) in [5.74, 6) is 0.913. The van der Waals surface area contributed by atoms with Gasteiger partial charge in [-0.05, 0) is 42.8 Å². The third-order valence-electron chi connectivity index (χ3n) is 4.54. The molecule has 0 atom stereocenters. The number of anilines is 3. The molecule has 0 spiro atoms. The van der Waals surface area contributed by atoms with Crippen LogP contribution in [0.5, 0.6) is 0 Å². The first-order valence-corrected chi connectivity index (χ1v) is 10.6. The van der Waals surface area contributed by atoms with Gasteiger partial charge in [0.15, 0.2) is 9.84 Å². The zero-order chi connectivity index (χ0) is 18.9. The van der Waals surface area contributed by atoms with E-state index in [0.29, 0.717) is 19.0 Å². The van der Waals surface area contributed by atoms with Gasteiger partial charge in [0.2, 0.25) is 5.95 Å². The standard InChI is InChI=1S/C19H21N5O2S/c1-15-11-16(13-18(12-15)23-7-9-27(25,26)10-8-23)21-19-20-14-24(22-19)17-5-3-2-4-6-17/h2-6,11-14H,7-10H2,1H3,(H,21,22). The summed E-state index contributed by atoms with van der Waals surface area (Å²) in [4.78, 5) is 6.43. The molecule has 4 rings (SSSR count). The molecule has 0 amide bonds. The van der Waals surface area contributed by atoms with Gasteiger partial charge in [0.05, 0.1) is 17.2 Å². The maximum absolute atomic E-state index is 11.7. The van der Waals surface area contributed by atoms with Gasteiger partial charge in [0, 0.05) is 24.5 Å². The van der Waals surface area contributed by atoms with E-state index in [0.717, 1.165) is 22.6 Å². The molecule has 2 aromatic carbocycles. The second-order valence-electron chi connectivity index (χ2n) is 6.67. The number of rotatable bonds is 4. The van der Waals surface area contributed by atoms with Gasteiger partial charge in [-0.3, -0.25) is 0 Å². The van der Waals surface area contributed by atoms with Gasteiger partial charge in [-0.1, -0.05) is 18.2 Å². The number of aryl methyl sites for hydroxylation is 1. The number of nitrogens with one attached hydrogen (secondary N) is 1. The van der Waals surface area contributed by atoms with Crippen molar-refractivity contribution in [3.8, 4) is 5.69 Å². The number of sulfone groups is 1. The second-order valence-corrected chi connectivity index (χ2v) is 8.97. The number of benzene rings is 2. The van der Waals surface area contributed by atoms with Crippen LogP contribution in [0.25, 0.3) is 5.69 Å². The zero-order valence-electron chi connectivity index (χ0n) is 15.0. The van der Waals surface area contributed by atoms with Crippen LogP contribution in [-0.2, 0) is 9.84 Å². The Balaban J connectivity index is 1.53. The van der Waals surface area contributed by atoms with Crippen molar-refractivity contribution >= 4 is 27.2 Å². The van der Waals surface area contributed by atoms with E-state index in [1.54, 1.807) is 11.0 Å². The van der Waals surface area contributed by atoms with Crippen LogP contribution in [0.3, 0.4) is 0 Å². The number of nitrogens with zero attached hydrogens (tertiary/aromatic N) is 4. The Hall–Kier alpha value is -2.87. The van der Waals surface area contributed by atoms with E-state index in [-0.39, 0.29) is 11.5 Å². The van der Waals surface area contributed by atoms with Gasteiger partial charge in [-0.15, -0.1) is 5.10 Å². The topological polar surface area (TPSA) is 80.1 Å². The third kappa shape index (κ3) is 4.11. The fourth-order valence-electron chi connectivity index (χ4n) is 3.14. The van der Waals surface area contributed by atoms with Crippen molar-refractivity contribution in [3.05, 3.63) is 60.4 Å². The molecule has 1 aliphatic rings. The molecule has 0 unspecified atom stereocenters. The van der Waals surface area contributed by atoms with E-state index in [1.165, 1.54) is 0 Å². The average Bonchev–Trinajstić information content (AvgIpc) is 3.10. The fourth-order valence-corrected chi connectivity index (χ4v) is 4.34. The largest absolute Gasteiger partial charge is 0.369 e. The molecule has 0 saturated carbocycles. The molecular weight excluding hydrogens is 362 g/mol. The van der Waals surface area contributed by atoms with Crippen LogP contribution >= 0.6 is 0 Å². The van der Waals surface area contributed by atoms with Crippen molar-refractivity contribution in [2.45, 2.75) is 6.92 Å². The number of para-hydroxylation sites is 1. The third-order valence-corrected chi connectivity index (χ3v) is 6.15. The first-order chi connectivity index (χ1) is 13.0. The van der Waals surface area contributed by atoms with Crippen LogP contribution < -0.4 is 10.2 Å². The lowest BCUT2D eigenvalue weighted by Gasteiger charge is -2.29. The Morgan fingerprint density at radius 3 is 2.48 bits per heavy atom. The van der Waals surface area contributed by atoms with Crippen LogP contribution in [0, 0.1) is 6.92 Å². The van der Waals surface area contributed by atoms with Gasteiger partial charge >= 0.3 is 0 Å². The minimum absolute atomic E-state index is 0.201. The molecule has 1 aromatic heterocycles. The molecule has 27 heavy (non-hydrogen) atoms. The average molecular weight is 383 g/mol. The van der Waals surface area contributed by atoms with Gasteiger partial charge in [-0.2, -0.15) is 4.98 Å². The summed E-state index contributed by atoms with van der Waals surface area (Å²) in [6.45, 7) is 3.06.